The zero-order chi connectivity index (χ0) is 20.1. The molecule has 1 atom stereocenters. The molecule has 3 aliphatic rings. The Morgan fingerprint density at radius 3 is 2.45 bits per heavy atom. The minimum Gasteiger partial charge on any atom is -0.493 e. The van der Waals surface area contributed by atoms with Crippen LogP contribution in [0.15, 0.2) is 35.5 Å². The molecule has 29 heavy (non-hydrogen) atoms. The Balaban J connectivity index is 1.74. The van der Waals surface area contributed by atoms with Crippen molar-refractivity contribution in [2.24, 2.45) is 0 Å². The van der Waals surface area contributed by atoms with Crippen molar-refractivity contribution in [2.75, 3.05) is 40.0 Å². The molecule has 0 radical (unpaired) electrons. The number of benzene rings is 2. The van der Waals surface area contributed by atoms with Gasteiger partial charge in [-0.15, -0.1) is 0 Å². The Bertz CT molecular complexity index is 1060. The van der Waals surface area contributed by atoms with Gasteiger partial charge in [-0.2, -0.15) is 0 Å². The summed E-state index contributed by atoms with van der Waals surface area (Å²) in [6, 6.07) is 7.47. The normalized spacial score (nSPS) is 18.6. The van der Waals surface area contributed by atoms with Gasteiger partial charge in [0.15, 0.2) is 23.0 Å². The van der Waals surface area contributed by atoms with Crippen LogP contribution in [0.1, 0.15) is 17.0 Å². The van der Waals surface area contributed by atoms with Crippen molar-refractivity contribution in [1.82, 2.24) is 0 Å². The van der Waals surface area contributed by atoms with Crippen LogP contribution in [-0.2, 0) is 9.53 Å². The SMILES string of the molecule is COc1cc2c(cc1OC)[C@@H](c1cc(OC)c3c(c1)OCO3)C1=C(COC1=O)N2. The van der Waals surface area contributed by atoms with Crippen LogP contribution in [-0.4, -0.2) is 40.7 Å². The van der Waals surface area contributed by atoms with Gasteiger partial charge in [-0.1, -0.05) is 0 Å². The van der Waals surface area contributed by atoms with E-state index in [0.717, 1.165) is 22.5 Å². The average molecular weight is 397 g/mol. The topological polar surface area (TPSA) is 84.5 Å². The Morgan fingerprint density at radius 2 is 1.69 bits per heavy atom. The smallest absolute Gasteiger partial charge is 0.337 e. The van der Waals surface area contributed by atoms with E-state index in [2.05, 4.69) is 5.32 Å². The molecular formula is C21H19NO7. The molecule has 0 aliphatic carbocycles. The molecule has 8 nitrogen and oxygen atoms in total. The average Bonchev–Trinajstić information content (AvgIpc) is 3.37. The monoisotopic (exact) mass is 397 g/mol. The van der Waals surface area contributed by atoms with Crippen LogP contribution in [0, 0.1) is 0 Å². The summed E-state index contributed by atoms with van der Waals surface area (Å²) in [6.07, 6.45) is 0. The van der Waals surface area contributed by atoms with Crippen LogP contribution in [0.2, 0.25) is 0 Å². The van der Waals surface area contributed by atoms with Gasteiger partial charge in [0.2, 0.25) is 12.5 Å². The first-order chi connectivity index (χ1) is 14.1. The minimum absolute atomic E-state index is 0.124. The molecule has 0 spiro atoms. The summed E-state index contributed by atoms with van der Waals surface area (Å²) in [6.45, 7) is 0.319. The fraction of sp³-hybridized carbons (Fsp3) is 0.286. The van der Waals surface area contributed by atoms with Crippen LogP contribution in [0.25, 0.3) is 0 Å². The van der Waals surface area contributed by atoms with Crippen molar-refractivity contribution >= 4 is 11.7 Å². The molecule has 2 aromatic rings. The molecule has 3 heterocycles. The van der Waals surface area contributed by atoms with E-state index >= 15 is 0 Å². The third-order valence-corrected chi connectivity index (χ3v) is 5.35. The van der Waals surface area contributed by atoms with Gasteiger partial charge in [0, 0.05) is 17.7 Å². The number of fused-ring (bicyclic) bond motifs is 2. The number of ether oxygens (including phenoxy) is 6. The van der Waals surface area contributed by atoms with E-state index in [9.17, 15) is 4.79 Å². The van der Waals surface area contributed by atoms with E-state index in [0.29, 0.717) is 34.3 Å². The summed E-state index contributed by atoms with van der Waals surface area (Å²) in [7, 11) is 4.73. The third kappa shape index (κ3) is 2.55. The van der Waals surface area contributed by atoms with E-state index in [1.165, 1.54) is 0 Å². The van der Waals surface area contributed by atoms with E-state index in [1.807, 2.05) is 24.3 Å². The van der Waals surface area contributed by atoms with Gasteiger partial charge >= 0.3 is 5.97 Å². The van der Waals surface area contributed by atoms with Gasteiger partial charge in [-0.05, 0) is 29.3 Å². The number of hydrogen-bond acceptors (Lipinski definition) is 8. The van der Waals surface area contributed by atoms with Gasteiger partial charge in [0.05, 0.1) is 32.6 Å². The van der Waals surface area contributed by atoms with E-state index in [4.69, 9.17) is 28.4 Å². The summed E-state index contributed by atoms with van der Waals surface area (Å²) in [4.78, 5) is 12.6. The summed E-state index contributed by atoms with van der Waals surface area (Å²) < 4.78 is 32.8. The van der Waals surface area contributed by atoms with Gasteiger partial charge in [-0.3, -0.25) is 0 Å². The Kier molecular flexibility index (Phi) is 3.94. The molecular weight excluding hydrogens is 378 g/mol. The standard InChI is InChI=1S/C21H19NO7/c1-24-14-6-11-12(7-15(14)25-2)22-13-8-27-21(23)19(13)18(11)10-4-16(26-3)20-17(5-10)28-9-29-20/h4-7,18,22H,8-9H2,1-3H3/t18-/m1/s1. The highest BCUT2D eigenvalue weighted by atomic mass is 16.7. The second-order valence-corrected chi connectivity index (χ2v) is 6.78. The number of nitrogens with one attached hydrogen (secondary N) is 1. The van der Waals surface area contributed by atoms with Crippen LogP contribution in [0.5, 0.6) is 28.7 Å². The Labute approximate surface area is 166 Å². The summed E-state index contributed by atoms with van der Waals surface area (Å²) in [5, 5.41) is 3.31. The third-order valence-electron chi connectivity index (χ3n) is 5.35. The highest BCUT2D eigenvalue weighted by molar-refractivity contribution is 5.97. The second-order valence-electron chi connectivity index (χ2n) is 6.78. The first-order valence-electron chi connectivity index (χ1n) is 9.05. The highest BCUT2D eigenvalue weighted by Crippen LogP contribution is 2.51. The molecule has 0 bridgehead atoms. The number of carbonyl (C=O) groups is 1. The lowest BCUT2D eigenvalue weighted by molar-refractivity contribution is -0.136. The predicted molar refractivity (Wildman–Crippen MR) is 102 cm³/mol. The number of methoxy groups -OCH3 is 3. The van der Waals surface area contributed by atoms with Gasteiger partial charge < -0.3 is 33.7 Å². The maximum Gasteiger partial charge on any atom is 0.337 e. The lowest BCUT2D eigenvalue weighted by Crippen LogP contribution is -2.20. The molecule has 1 N–H and O–H groups in total. The van der Waals surface area contributed by atoms with Crippen LogP contribution < -0.4 is 29.0 Å². The highest BCUT2D eigenvalue weighted by Gasteiger charge is 2.40. The largest absolute Gasteiger partial charge is 0.493 e. The quantitative estimate of drug-likeness (QED) is 0.789. The molecule has 0 fully saturated rings. The first-order valence-corrected chi connectivity index (χ1v) is 9.05. The number of hydrogen-bond donors (Lipinski definition) is 1. The number of carbonyl (C=O) groups excluding carboxylic acids is 1. The van der Waals surface area contributed by atoms with Crippen LogP contribution in [0.4, 0.5) is 5.69 Å². The lowest BCUT2D eigenvalue weighted by Gasteiger charge is -2.28. The van der Waals surface area contributed by atoms with Gasteiger partial charge in [0.1, 0.15) is 6.61 Å². The maximum atomic E-state index is 12.6. The number of rotatable bonds is 4. The van der Waals surface area contributed by atoms with Crippen LogP contribution >= 0.6 is 0 Å². The van der Waals surface area contributed by atoms with E-state index in [1.54, 1.807) is 21.3 Å². The van der Waals surface area contributed by atoms with Crippen molar-refractivity contribution in [2.45, 2.75) is 5.92 Å². The van der Waals surface area contributed by atoms with Gasteiger partial charge in [0.25, 0.3) is 0 Å². The van der Waals surface area contributed by atoms with E-state index < -0.39 is 0 Å². The first kappa shape index (κ1) is 17.5. The van der Waals surface area contributed by atoms with Gasteiger partial charge in [-0.25, -0.2) is 4.79 Å². The molecule has 5 rings (SSSR count). The molecule has 8 heteroatoms. The zero-order valence-corrected chi connectivity index (χ0v) is 16.2. The molecule has 0 unspecified atom stereocenters. The molecule has 0 amide bonds. The van der Waals surface area contributed by atoms with E-state index in [-0.39, 0.29) is 25.3 Å². The second kappa shape index (κ2) is 6.51. The number of esters is 1. The van der Waals surface area contributed by atoms with Crippen molar-refractivity contribution in [3.05, 3.63) is 46.7 Å². The summed E-state index contributed by atoms with van der Waals surface area (Å²) >= 11 is 0. The van der Waals surface area contributed by atoms with Crippen LogP contribution in [0.3, 0.4) is 0 Å². The van der Waals surface area contributed by atoms with Crippen molar-refractivity contribution < 1.29 is 33.2 Å². The maximum absolute atomic E-state index is 12.6. The minimum atomic E-state index is -0.389. The Morgan fingerprint density at radius 1 is 0.931 bits per heavy atom. The predicted octanol–water partition coefficient (Wildman–Crippen LogP) is 2.81. The molecule has 0 saturated heterocycles. The molecule has 150 valence electrons. The van der Waals surface area contributed by atoms with Crippen molar-refractivity contribution in [3.8, 4) is 28.7 Å². The summed E-state index contributed by atoms with van der Waals surface area (Å²) in [5.41, 5.74) is 3.80. The molecule has 0 aromatic heterocycles. The molecule has 3 aliphatic heterocycles. The Hall–Kier alpha value is -3.55. The fourth-order valence-corrected chi connectivity index (χ4v) is 4.03. The van der Waals surface area contributed by atoms with Crippen molar-refractivity contribution in [3.63, 3.8) is 0 Å². The fourth-order valence-electron chi connectivity index (χ4n) is 4.03. The number of anilines is 1. The number of cyclic esters (lactones) is 1. The zero-order valence-electron chi connectivity index (χ0n) is 16.2. The van der Waals surface area contributed by atoms with Crippen molar-refractivity contribution in [1.29, 1.82) is 0 Å². The molecule has 0 saturated carbocycles. The summed E-state index contributed by atoms with van der Waals surface area (Å²) in [5.74, 6) is 2.10. The lowest BCUT2D eigenvalue weighted by atomic mass is 9.80. The molecule has 2 aromatic carbocycles.